The van der Waals surface area contributed by atoms with Crippen molar-refractivity contribution in [3.8, 4) is 0 Å². The molecule has 2 aliphatic rings. The number of carbonyl (C=O) groups is 1. The third kappa shape index (κ3) is 1.41. The van der Waals surface area contributed by atoms with Crippen molar-refractivity contribution in [2.45, 2.75) is 46.0 Å². The van der Waals surface area contributed by atoms with Gasteiger partial charge in [-0.25, -0.2) is 0 Å². The van der Waals surface area contributed by atoms with Crippen molar-refractivity contribution in [1.82, 2.24) is 0 Å². The number of ketones is 1. The second-order valence-corrected chi connectivity index (χ2v) is 6.37. The van der Waals surface area contributed by atoms with Crippen LogP contribution in [0.15, 0.2) is 18.2 Å². The minimum Gasteiger partial charge on any atom is -0.294 e. The van der Waals surface area contributed by atoms with Crippen LogP contribution in [0.2, 0.25) is 0 Å². The fourth-order valence-electron chi connectivity index (χ4n) is 4.04. The first-order valence-corrected chi connectivity index (χ1v) is 6.66. The highest BCUT2D eigenvalue weighted by Crippen LogP contribution is 2.55. The predicted octanol–water partition coefficient (Wildman–Crippen LogP) is 4.10. The van der Waals surface area contributed by atoms with Crippen molar-refractivity contribution in [3.05, 3.63) is 34.9 Å². The maximum absolute atomic E-state index is 12.5. The van der Waals surface area contributed by atoms with Gasteiger partial charge < -0.3 is 0 Å². The molecule has 0 aromatic heterocycles. The van der Waals surface area contributed by atoms with E-state index in [9.17, 15) is 4.79 Å². The largest absolute Gasteiger partial charge is 0.294 e. The fraction of sp³-hybridized carbons (Fsp3) is 0.562. The first-order chi connectivity index (χ1) is 8.02. The Labute approximate surface area is 103 Å². The Bertz CT molecular complexity index is 484. The van der Waals surface area contributed by atoms with Gasteiger partial charge >= 0.3 is 0 Å². The number of hydrogen-bond acceptors (Lipinski definition) is 1. The lowest BCUT2D eigenvalue weighted by Gasteiger charge is -2.40. The number of aryl methyl sites for hydroxylation is 1. The third-order valence-electron chi connectivity index (χ3n) is 4.80. The lowest BCUT2D eigenvalue weighted by molar-refractivity contribution is 0.0794. The molecule has 0 aliphatic heterocycles. The van der Waals surface area contributed by atoms with E-state index in [4.69, 9.17) is 0 Å². The van der Waals surface area contributed by atoms with Gasteiger partial charge in [-0.05, 0) is 42.2 Å². The molecule has 1 aromatic carbocycles. The lowest BCUT2D eigenvalue weighted by Crippen LogP contribution is -2.32. The first kappa shape index (κ1) is 11.0. The molecular formula is C16H20O. The highest BCUT2D eigenvalue weighted by atomic mass is 16.1. The van der Waals surface area contributed by atoms with E-state index in [2.05, 4.69) is 39.0 Å². The maximum Gasteiger partial charge on any atom is 0.167 e. The smallest absolute Gasteiger partial charge is 0.167 e. The SMILES string of the molecule is Cc1cccc2c1C(=O)[C@H]1CCCC(C)(C)[C@@H]21. The number of Topliss-reactive ketones (excluding diaryl/α,β-unsaturated/α-hetero) is 1. The minimum atomic E-state index is 0.259. The normalized spacial score (nSPS) is 29.9. The molecule has 0 N–H and O–H groups in total. The van der Waals surface area contributed by atoms with Crippen molar-refractivity contribution in [2.24, 2.45) is 11.3 Å². The van der Waals surface area contributed by atoms with Crippen LogP contribution in [0.1, 0.15) is 60.5 Å². The Kier molecular flexibility index (Phi) is 2.23. The molecule has 0 radical (unpaired) electrons. The molecule has 1 fully saturated rings. The number of carbonyl (C=O) groups excluding carboxylic acids is 1. The molecule has 0 amide bonds. The Morgan fingerprint density at radius 3 is 2.82 bits per heavy atom. The van der Waals surface area contributed by atoms with Crippen molar-refractivity contribution in [3.63, 3.8) is 0 Å². The van der Waals surface area contributed by atoms with Crippen LogP contribution < -0.4 is 0 Å². The molecule has 2 aliphatic carbocycles. The quantitative estimate of drug-likeness (QED) is 0.653. The van der Waals surface area contributed by atoms with Crippen molar-refractivity contribution in [1.29, 1.82) is 0 Å². The number of fused-ring (bicyclic) bond motifs is 3. The second-order valence-electron chi connectivity index (χ2n) is 6.37. The molecule has 3 rings (SSSR count). The molecule has 2 atom stereocenters. The van der Waals surface area contributed by atoms with E-state index in [-0.39, 0.29) is 11.3 Å². The zero-order valence-electron chi connectivity index (χ0n) is 10.9. The molecule has 1 heteroatoms. The van der Waals surface area contributed by atoms with Gasteiger partial charge in [0.15, 0.2) is 5.78 Å². The van der Waals surface area contributed by atoms with Gasteiger partial charge in [-0.15, -0.1) is 0 Å². The van der Waals surface area contributed by atoms with Gasteiger partial charge in [0.05, 0.1) is 0 Å². The summed E-state index contributed by atoms with van der Waals surface area (Å²) >= 11 is 0. The van der Waals surface area contributed by atoms with E-state index in [1.54, 1.807) is 0 Å². The molecule has 1 saturated carbocycles. The summed E-state index contributed by atoms with van der Waals surface area (Å²) in [6.45, 7) is 6.73. The molecule has 90 valence electrons. The van der Waals surface area contributed by atoms with Crippen LogP contribution in [0.5, 0.6) is 0 Å². The van der Waals surface area contributed by atoms with Crippen molar-refractivity contribution < 1.29 is 4.79 Å². The van der Waals surface area contributed by atoms with Gasteiger partial charge in [0.25, 0.3) is 0 Å². The molecule has 1 nitrogen and oxygen atoms in total. The Balaban J connectivity index is 2.20. The van der Waals surface area contributed by atoms with Gasteiger partial charge in [0.2, 0.25) is 0 Å². The van der Waals surface area contributed by atoms with Crippen molar-refractivity contribution in [2.75, 3.05) is 0 Å². The molecule has 17 heavy (non-hydrogen) atoms. The van der Waals surface area contributed by atoms with Gasteiger partial charge in [0, 0.05) is 11.5 Å². The monoisotopic (exact) mass is 228 g/mol. The number of hydrogen-bond donors (Lipinski definition) is 0. The first-order valence-electron chi connectivity index (χ1n) is 6.66. The Hall–Kier alpha value is -1.11. The summed E-state index contributed by atoms with van der Waals surface area (Å²) in [5.41, 5.74) is 3.80. The van der Waals surface area contributed by atoms with Gasteiger partial charge in [-0.3, -0.25) is 4.79 Å². The molecule has 0 heterocycles. The van der Waals surface area contributed by atoms with E-state index in [1.165, 1.54) is 18.4 Å². The Morgan fingerprint density at radius 1 is 1.29 bits per heavy atom. The fourth-order valence-corrected chi connectivity index (χ4v) is 4.04. The van der Waals surface area contributed by atoms with Crippen LogP contribution in [0.25, 0.3) is 0 Å². The summed E-state index contributed by atoms with van der Waals surface area (Å²) in [7, 11) is 0. The summed E-state index contributed by atoms with van der Waals surface area (Å²) in [6.07, 6.45) is 3.53. The predicted molar refractivity (Wildman–Crippen MR) is 69.4 cm³/mol. The summed E-state index contributed by atoms with van der Waals surface area (Å²) in [6, 6.07) is 6.35. The van der Waals surface area contributed by atoms with Crippen LogP contribution in [0.3, 0.4) is 0 Å². The Morgan fingerprint density at radius 2 is 2.06 bits per heavy atom. The minimum absolute atomic E-state index is 0.259. The number of rotatable bonds is 0. The molecule has 1 aromatic rings. The van der Waals surface area contributed by atoms with Crippen LogP contribution >= 0.6 is 0 Å². The summed E-state index contributed by atoms with van der Waals surface area (Å²) in [5.74, 6) is 1.13. The van der Waals surface area contributed by atoms with Crippen LogP contribution in [0.4, 0.5) is 0 Å². The van der Waals surface area contributed by atoms with E-state index in [1.807, 2.05) is 0 Å². The van der Waals surface area contributed by atoms with E-state index in [0.717, 1.165) is 17.5 Å². The average Bonchev–Trinajstić information content (AvgIpc) is 2.55. The van der Waals surface area contributed by atoms with E-state index in [0.29, 0.717) is 11.7 Å². The summed E-state index contributed by atoms with van der Waals surface area (Å²) in [4.78, 5) is 12.5. The van der Waals surface area contributed by atoms with Crippen LogP contribution in [0, 0.1) is 18.3 Å². The van der Waals surface area contributed by atoms with Crippen LogP contribution in [-0.4, -0.2) is 5.78 Å². The van der Waals surface area contributed by atoms with Gasteiger partial charge in [0.1, 0.15) is 0 Å². The summed E-state index contributed by atoms with van der Waals surface area (Å²) in [5, 5.41) is 0. The summed E-state index contributed by atoms with van der Waals surface area (Å²) < 4.78 is 0. The zero-order chi connectivity index (χ0) is 12.2. The highest BCUT2D eigenvalue weighted by Gasteiger charge is 2.49. The van der Waals surface area contributed by atoms with E-state index >= 15 is 0 Å². The molecule has 0 unspecified atom stereocenters. The van der Waals surface area contributed by atoms with Crippen LogP contribution in [-0.2, 0) is 0 Å². The zero-order valence-corrected chi connectivity index (χ0v) is 10.9. The van der Waals surface area contributed by atoms with Gasteiger partial charge in [-0.2, -0.15) is 0 Å². The standard InChI is InChI=1S/C16H20O/c1-10-6-4-7-11-13(10)15(17)12-8-5-9-16(2,3)14(11)12/h4,6-7,12,14H,5,8-9H2,1-3H3/t12-,14-/m0/s1. The third-order valence-corrected chi connectivity index (χ3v) is 4.80. The second kappa shape index (κ2) is 3.44. The molecule has 0 bridgehead atoms. The lowest BCUT2D eigenvalue weighted by atomic mass is 9.63. The highest BCUT2D eigenvalue weighted by molar-refractivity contribution is 6.04. The molecule has 0 spiro atoms. The van der Waals surface area contributed by atoms with Gasteiger partial charge in [-0.1, -0.05) is 38.5 Å². The van der Waals surface area contributed by atoms with E-state index < -0.39 is 0 Å². The molecular weight excluding hydrogens is 208 g/mol. The molecule has 0 saturated heterocycles. The topological polar surface area (TPSA) is 17.1 Å². The number of benzene rings is 1. The average molecular weight is 228 g/mol. The maximum atomic E-state index is 12.5. The van der Waals surface area contributed by atoms with Crippen molar-refractivity contribution >= 4 is 5.78 Å².